The zero-order valence-corrected chi connectivity index (χ0v) is 11.6. The predicted molar refractivity (Wildman–Crippen MR) is 76.5 cm³/mol. The van der Waals surface area contributed by atoms with E-state index in [4.69, 9.17) is 4.42 Å². The number of hydrogen-bond acceptors (Lipinski definition) is 3. The molecule has 112 valence electrons. The Hall–Kier alpha value is -1.88. The maximum atomic E-state index is 13.1. The van der Waals surface area contributed by atoms with Crippen LogP contribution in [0, 0.1) is 11.7 Å². The van der Waals surface area contributed by atoms with Crippen LogP contribution in [0.1, 0.15) is 36.2 Å². The van der Waals surface area contributed by atoms with Gasteiger partial charge in [-0.1, -0.05) is 12.8 Å². The van der Waals surface area contributed by atoms with E-state index < -0.39 is 0 Å². The zero-order valence-electron chi connectivity index (χ0n) is 11.6. The first kappa shape index (κ1) is 14.1. The number of carbonyl (C=O) groups excluding carboxylic acids is 1. The Balaban J connectivity index is 1.77. The molecule has 21 heavy (non-hydrogen) atoms. The molecular formula is C16H18FNO3. The number of amides is 1. The van der Waals surface area contributed by atoms with Gasteiger partial charge >= 0.3 is 0 Å². The monoisotopic (exact) mass is 291 g/mol. The van der Waals surface area contributed by atoms with Crippen molar-refractivity contribution in [3.8, 4) is 0 Å². The molecular weight excluding hydrogens is 273 g/mol. The summed E-state index contributed by atoms with van der Waals surface area (Å²) in [5.41, 5.74) is 0.490. The molecule has 1 aliphatic carbocycles. The number of furan rings is 1. The summed E-state index contributed by atoms with van der Waals surface area (Å²) in [5, 5.41) is 12.9. The van der Waals surface area contributed by atoms with Gasteiger partial charge in [0, 0.05) is 24.0 Å². The van der Waals surface area contributed by atoms with Crippen molar-refractivity contribution in [3.63, 3.8) is 0 Å². The van der Waals surface area contributed by atoms with Gasteiger partial charge in [-0.25, -0.2) is 4.39 Å². The molecule has 2 unspecified atom stereocenters. The quantitative estimate of drug-likeness (QED) is 0.914. The maximum Gasteiger partial charge on any atom is 0.287 e. The first-order chi connectivity index (χ1) is 10.2. The number of fused-ring (bicyclic) bond motifs is 1. The molecule has 5 heteroatoms. The molecule has 4 nitrogen and oxygen atoms in total. The van der Waals surface area contributed by atoms with E-state index in [-0.39, 0.29) is 36.1 Å². The largest absolute Gasteiger partial charge is 0.451 e. The molecule has 2 aromatic rings. The summed E-state index contributed by atoms with van der Waals surface area (Å²) < 4.78 is 18.6. The summed E-state index contributed by atoms with van der Waals surface area (Å²) in [6.07, 6.45) is 3.92. The lowest BCUT2D eigenvalue weighted by molar-refractivity contribution is 0.0847. The first-order valence-corrected chi connectivity index (χ1v) is 7.28. The summed E-state index contributed by atoms with van der Waals surface area (Å²) >= 11 is 0. The number of aliphatic hydroxyl groups is 1. The predicted octanol–water partition coefficient (Wildman–Crippen LogP) is 2.85. The molecule has 1 aliphatic rings. The van der Waals surface area contributed by atoms with Crippen molar-refractivity contribution in [2.24, 2.45) is 5.92 Å². The molecule has 2 atom stereocenters. The number of carbonyl (C=O) groups is 1. The molecule has 1 amide bonds. The Bertz CT molecular complexity index is 652. The van der Waals surface area contributed by atoms with Crippen LogP contribution in [0.2, 0.25) is 0 Å². The van der Waals surface area contributed by atoms with Crippen molar-refractivity contribution in [3.05, 3.63) is 35.8 Å². The Labute approximate surface area is 121 Å². The number of benzene rings is 1. The third-order valence-electron chi connectivity index (χ3n) is 4.16. The van der Waals surface area contributed by atoms with Crippen molar-refractivity contribution >= 4 is 16.9 Å². The number of aliphatic hydroxyl groups excluding tert-OH is 1. The molecule has 2 N–H and O–H groups in total. The molecule has 1 fully saturated rings. The molecule has 0 bridgehead atoms. The van der Waals surface area contributed by atoms with Gasteiger partial charge in [-0.2, -0.15) is 0 Å². The highest BCUT2D eigenvalue weighted by molar-refractivity contribution is 5.96. The minimum atomic E-state index is -0.358. The van der Waals surface area contributed by atoms with Crippen LogP contribution < -0.4 is 5.32 Å². The number of halogens is 1. The Morgan fingerprint density at radius 3 is 2.95 bits per heavy atom. The van der Waals surface area contributed by atoms with E-state index in [1.54, 1.807) is 6.07 Å². The Kier molecular flexibility index (Phi) is 3.92. The van der Waals surface area contributed by atoms with E-state index >= 15 is 0 Å². The fraction of sp³-hybridized carbons (Fsp3) is 0.438. The van der Waals surface area contributed by atoms with Crippen LogP contribution in [-0.4, -0.2) is 23.7 Å². The molecule has 0 saturated heterocycles. The molecule has 1 aromatic heterocycles. The number of rotatable bonds is 3. The van der Waals surface area contributed by atoms with Crippen molar-refractivity contribution < 1.29 is 18.7 Å². The SMILES string of the molecule is O=C(NC1CCCCC1CO)c1cc2cc(F)ccc2o1. The van der Waals surface area contributed by atoms with Crippen LogP contribution in [0.25, 0.3) is 11.0 Å². The summed E-state index contributed by atoms with van der Waals surface area (Å²) in [6.45, 7) is 0.0797. The van der Waals surface area contributed by atoms with Gasteiger partial charge in [0.2, 0.25) is 0 Å². The van der Waals surface area contributed by atoms with Gasteiger partial charge in [0.05, 0.1) is 0 Å². The topological polar surface area (TPSA) is 62.5 Å². The molecule has 0 spiro atoms. The highest BCUT2D eigenvalue weighted by Crippen LogP contribution is 2.25. The standard InChI is InChI=1S/C16H18FNO3/c17-12-5-6-14-11(7-12)8-15(21-14)16(20)18-13-4-2-1-3-10(13)9-19/h5-8,10,13,19H,1-4,9H2,(H,18,20). The summed E-state index contributed by atoms with van der Waals surface area (Å²) in [4.78, 5) is 12.2. The molecule has 0 radical (unpaired) electrons. The smallest absolute Gasteiger partial charge is 0.287 e. The lowest BCUT2D eigenvalue weighted by Gasteiger charge is -2.30. The highest BCUT2D eigenvalue weighted by Gasteiger charge is 2.27. The minimum absolute atomic E-state index is 0.0267. The van der Waals surface area contributed by atoms with Crippen LogP contribution in [0.15, 0.2) is 28.7 Å². The van der Waals surface area contributed by atoms with Gasteiger partial charge in [-0.3, -0.25) is 4.79 Å². The Morgan fingerprint density at radius 2 is 2.14 bits per heavy atom. The highest BCUT2D eigenvalue weighted by atomic mass is 19.1. The molecule has 1 saturated carbocycles. The van der Waals surface area contributed by atoms with Gasteiger partial charge in [-0.15, -0.1) is 0 Å². The minimum Gasteiger partial charge on any atom is -0.451 e. The second kappa shape index (κ2) is 5.85. The molecule has 3 rings (SSSR count). The molecule has 1 aromatic carbocycles. The van der Waals surface area contributed by atoms with Crippen LogP contribution in [0.4, 0.5) is 4.39 Å². The molecule has 1 heterocycles. The van der Waals surface area contributed by atoms with E-state index in [2.05, 4.69) is 5.32 Å². The average Bonchev–Trinajstić information content (AvgIpc) is 2.91. The maximum absolute atomic E-state index is 13.1. The van der Waals surface area contributed by atoms with Crippen LogP contribution >= 0.6 is 0 Å². The fourth-order valence-electron chi connectivity index (χ4n) is 2.98. The van der Waals surface area contributed by atoms with Crippen LogP contribution in [-0.2, 0) is 0 Å². The van der Waals surface area contributed by atoms with Gasteiger partial charge < -0.3 is 14.8 Å². The van der Waals surface area contributed by atoms with Crippen molar-refractivity contribution in [2.45, 2.75) is 31.7 Å². The van der Waals surface area contributed by atoms with E-state index in [0.29, 0.717) is 11.0 Å². The van der Waals surface area contributed by atoms with Crippen molar-refractivity contribution in [2.75, 3.05) is 6.61 Å². The average molecular weight is 291 g/mol. The summed E-state index contributed by atoms with van der Waals surface area (Å²) in [5.74, 6) is -0.387. The third-order valence-corrected chi connectivity index (χ3v) is 4.16. The summed E-state index contributed by atoms with van der Waals surface area (Å²) in [6, 6.07) is 5.67. The number of hydrogen-bond donors (Lipinski definition) is 2. The lowest BCUT2D eigenvalue weighted by atomic mass is 9.85. The first-order valence-electron chi connectivity index (χ1n) is 7.28. The van der Waals surface area contributed by atoms with E-state index in [1.165, 1.54) is 18.2 Å². The van der Waals surface area contributed by atoms with E-state index in [9.17, 15) is 14.3 Å². The zero-order chi connectivity index (χ0) is 14.8. The van der Waals surface area contributed by atoms with E-state index in [1.807, 2.05) is 0 Å². The summed E-state index contributed by atoms with van der Waals surface area (Å²) in [7, 11) is 0. The normalized spacial score (nSPS) is 22.4. The number of nitrogens with one attached hydrogen (secondary N) is 1. The third kappa shape index (κ3) is 2.93. The van der Waals surface area contributed by atoms with Crippen LogP contribution in [0.5, 0.6) is 0 Å². The van der Waals surface area contributed by atoms with Crippen molar-refractivity contribution in [1.82, 2.24) is 5.32 Å². The van der Waals surface area contributed by atoms with Gasteiger partial charge in [-0.05, 0) is 37.1 Å². The fourth-order valence-corrected chi connectivity index (χ4v) is 2.98. The van der Waals surface area contributed by atoms with Crippen LogP contribution in [0.3, 0.4) is 0 Å². The van der Waals surface area contributed by atoms with E-state index in [0.717, 1.165) is 25.7 Å². The second-order valence-corrected chi connectivity index (χ2v) is 5.60. The van der Waals surface area contributed by atoms with Gasteiger partial charge in [0.15, 0.2) is 5.76 Å². The lowest BCUT2D eigenvalue weighted by Crippen LogP contribution is -2.43. The Morgan fingerprint density at radius 1 is 1.33 bits per heavy atom. The van der Waals surface area contributed by atoms with Crippen molar-refractivity contribution in [1.29, 1.82) is 0 Å². The second-order valence-electron chi connectivity index (χ2n) is 5.60. The van der Waals surface area contributed by atoms with Gasteiger partial charge in [0.1, 0.15) is 11.4 Å². The molecule has 0 aliphatic heterocycles. The van der Waals surface area contributed by atoms with Gasteiger partial charge in [0.25, 0.3) is 5.91 Å².